The van der Waals surface area contributed by atoms with Crippen molar-refractivity contribution < 1.29 is 9.84 Å². The second kappa shape index (κ2) is 4.19. The Kier molecular flexibility index (Phi) is 3.69. The van der Waals surface area contributed by atoms with Gasteiger partial charge in [0.05, 0.1) is 11.2 Å². The van der Waals surface area contributed by atoms with Gasteiger partial charge in [-0.25, -0.2) is 0 Å². The molecule has 90 valence electrons. The van der Waals surface area contributed by atoms with Crippen LogP contribution in [0.15, 0.2) is 0 Å². The molecule has 0 amide bonds. The van der Waals surface area contributed by atoms with Crippen LogP contribution in [0.3, 0.4) is 0 Å². The molecule has 0 bridgehead atoms. The lowest BCUT2D eigenvalue weighted by molar-refractivity contribution is -0.0834. The van der Waals surface area contributed by atoms with E-state index in [4.69, 9.17) is 4.74 Å². The molecule has 0 atom stereocenters. The van der Waals surface area contributed by atoms with E-state index in [1.807, 2.05) is 0 Å². The number of methoxy groups -OCH3 is 1. The molecule has 0 aromatic rings. The predicted octanol–water partition coefficient (Wildman–Crippen LogP) is 3.03. The summed E-state index contributed by atoms with van der Waals surface area (Å²) >= 11 is 0. The van der Waals surface area contributed by atoms with E-state index in [-0.39, 0.29) is 5.60 Å². The minimum atomic E-state index is -1.16. The van der Waals surface area contributed by atoms with Gasteiger partial charge in [-0.2, -0.15) is 0 Å². The molecule has 0 spiro atoms. The van der Waals surface area contributed by atoms with Crippen LogP contribution in [0.2, 0.25) is 25.7 Å². The van der Waals surface area contributed by atoms with Gasteiger partial charge in [0.15, 0.2) is 0 Å². The van der Waals surface area contributed by atoms with Crippen molar-refractivity contribution in [2.45, 2.75) is 69.5 Å². The van der Waals surface area contributed by atoms with E-state index < -0.39 is 13.7 Å². The fraction of sp³-hybridized carbons (Fsp3) is 1.00. The maximum Gasteiger partial charge on any atom is 0.0652 e. The highest BCUT2D eigenvalue weighted by molar-refractivity contribution is 6.76. The normalized spacial score (nSPS) is 38.0. The van der Waals surface area contributed by atoms with Crippen molar-refractivity contribution in [1.29, 1.82) is 0 Å². The van der Waals surface area contributed by atoms with Crippen molar-refractivity contribution in [2.24, 2.45) is 0 Å². The van der Waals surface area contributed by atoms with E-state index in [1.165, 1.54) is 0 Å². The minimum absolute atomic E-state index is 0.00562. The van der Waals surface area contributed by atoms with E-state index in [0.29, 0.717) is 0 Å². The number of hydrogen-bond acceptors (Lipinski definition) is 2. The zero-order chi connectivity index (χ0) is 11.7. The lowest BCUT2D eigenvalue weighted by Crippen LogP contribution is -2.45. The van der Waals surface area contributed by atoms with Crippen LogP contribution in [0.4, 0.5) is 0 Å². The summed E-state index contributed by atoms with van der Waals surface area (Å²) in [5, 5.41) is 10.5. The quantitative estimate of drug-likeness (QED) is 0.755. The highest BCUT2D eigenvalue weighted by Gasteiger charge is 2.41. The Balaban J connectivity index is 2.55. The average molecular weight is 230 g/mol. The predicted molar refractivity (Wildman–Crippen MR) is 67.0 cm³/mol. The molecule has 1 rings (SSSR count). The van der Waals surface area contributed by atoms with Crippen molar-refractivity contribution in [3.05, 3.63) is 0 Å². The third kappa shape index (κ3) is 3.89. The first kappa shape index (κ1) is 13.2. The lowest BCUT2D eigenvalue weighted by Gasteiger charge is -2.43. The summed E-state index contributed by atoms with van der Waals surface area (Å²) in [5.74, 6) is 0. The first-order valence-electron chi connectivity index (χ1n) is 5.96. The van der Waals surface area contributed by atoms with Crippen LogP contribution in [0.25, 0.3) is 0 Å². The van der Waals surface area contributed by atoms with E-state index in [1.54, 1.807) is 7.11 Å². The Morgan fingerprint density at radius 1 is 1.13 bits per heavy atom. The molecule has 1 fully saturated rings. The van der Waals surface area contributed by atoms with Gasteiger partial charge in [0.25, 0.3) is 0 Å². The van der Waals surface area contributed by atoms with Gasteiger partial charge in [-0.3, -0.25) is 0 Å². The number of hydrogen-bond donors (Lipinski definition) is 1. The maximum atomic E-state index is 10.5. The molecule has 0 aromatic heterocycles. The van der Waals surface area contributed by atoms with Crippen LogP contribution in [0, 0.1) is 0 Å². The highest BCUT2D eigenvalue weighted by Crippen LogP contribution is 2.40. The van der Waals surface area contributed by atoms with Crippen LogP contribution in [0.1, 0.15) is 32.6 Å². The molecule has 0 aromatic carbocycles. The number of aliphatic hydroxyl groups is 1. The summed E-state index contributed by atoms with van der Waals surface area (Å²) in [4.78, 5) is 0. The molecule has 0 unspecified atom stereocenters. The van der Waals surface area contributed by atoms with E-state index in [2.05, 4.69) is 26.6 Å². The van der Waals surface area contributed by atoms with Gasteiger partial charge in [0, 0.05) is 15.2 Å². The van der Waals surface area contributed by atoms with Gasteiger partial charge in [-0.1, -0.05) is 19.6 Å². The third-order valence-electron chi connectivity index (χ3n) is 3.59. The standard InChI is InChI=1S/C12H26O2Si/c1-11(14-2)6-8-12(13,9-7-11)10-15(3,4)5/h13H,6-10H2,1-5H3. The molecule has 0 saturated heterocycles. The second-order valence-electron chi connectivity index (χ2n) is 6.62. The number of rotatable bonds is 3. The van der Waals surface area contributed by atoms with Crippen LogP contribution in [-0.2, 0) is 4.74 Å². The maximum absolute atomic E-state index is 10.5. The Morgan fingerprint density at radius 3 is 1.93 bits per heavy atom. The first-order valence-corrected chi connectivity index (χ1v) is 9.66. The van der Waals surface area contributed by atoms with Gasteiger partial charge in [0.1, 0.15) is 0 Å². The third-order valence-corrected chi connectivity index (χ3v) is 5.31. The summed E-state index contributed by atoms with van der Waals surface area (Å²) in [7, 11) is 0.616. The van der Waals surface area contributed by atoms with E-state index >= 15 is 0 Å². The van der Waals surface area contributed by atoms with Crippen molar-refractivity contribution >= 4 is 8.07 Å². The van der Waals surface area contributed by atoms with Gasteiger partial charge in [-0.05, 0) is 38.7 Å². The zero-order valence-electron chi connectivity index (χ0n) is 10.9. The average Bonchev–Trinajstić information content (AvgIpc) is 2.08. The van der Waals surface area contributed by atoms with Crippen molar-refractivity contribution in [1.82, 2.24) is 0 Å². The summed E-state index contributed by atoms with van der Waals surface area (Å²) in [6.07, 6.45) is 3.79. The second-order valence-corrected chi connectivity index (χ2v) is 12.1. The first-order chi connectivity index (χ1) is 6.68. The summed E-state index contributed by atoms with van der Waals surface area (Å²) in [5.41, 5.74) is -0.395. The van der Waals surface area contributed by atoms with Crippen LogP contribution in [-0.4, -0.2) is 31.5 Å². The molecule has 1 saturated carbocycles. The molecule has 1 aliphatic carbocycles. The Morgan fingerprint density at radius 2 is 1.60 bits per heavy atom. The van der Waals surface area contributed by atoms with Gasteiger partial charge in [-0.15, -0.1) is 0 Å². The molecule has 1 aliphatic rings. The molecule has 0 radical (unpaired) electrons. The summed E-state index contributed by atoms with van der Waals surface area (Å²) in [6, 6.07) is 1.03. The van der Waals surface area contributed by atoms with Gasteiger partial charge in [0.2, 0.25) is 0 Å². The molecular weight excluding hydrogens is 204 g/mol. The molecule has 1 N–H and O–H groups in total. The van der Waals surface area contributed by atoms with Crippen molar-refractivity contribution in [2.75, 3.05) is 7.11 Å². The SMILES string of the molecule is COC1(C)CCC(O)(C[Si](C)(C)C)CC1. The largest absolute Gasteiger partial charge is 0.390 e. The summed E-state index contributed by atoms with van der Waals surface area (Å²) in [6.45, 7) is 9.14. The number of ether oxygens (including phenoxy) is 1. The molecular formula is C12H26O2Si. The van der Waals surface area contributed by atoms with Crippen LogP contribution in [0.5, 0.6) is 0 Å². The molecule has 3 heteroatoms. The van der Waals surface area contributed by atoms with Crippen molar-refractivity contribution in [3.63, 3.8) is 0 Å². The Bertz CT molecular complexity index is 212. The Hall–Kier alpha value is 0.137. The highest BCUT2D eigenvalue weighted by atomic mass is 28.3. The zero-order valence-corrected chi connectivity index (χ0v) is 11.9. The Labute approximate surface area is 95.0 Å². The molecule has 2 nitrogen and oxygen atoms in total. The molecule has 0 heterocycles. The fourth-order valence-electron chi connectivity index (χ4n) is 2.61. The lowest BCUT2D eigenvalue weighted by atomic mass is 9.78. The topological polar surface area (TPSA) is 29.5 Å². The van der Waals surface area contributed by atoms with Gasteiger partial charge >= 0.3 is 0 Å². The van der Waals surface area contributed by atoms with Gasteiger partial charge < -0.3 is 9.84 Å². The molecule has 0 aliphatic heterocycles. The monoisotopic (exact) mass is 230 g/mol. The minimum Gasteiger partial charge on any atom is -0.390 e. The van der Waals surface area contributed by atoms with Crippen molar-refractivity contribution in [3.8, 4) is 0 Å². The van der Waals surface area contributed by atoms with Crippen LogP contribution >= 0.6 is 0 Å². The smallest absolute Gasteiger partial charge is 0.0652 e. The van der Waals surface area contributed by atoms with E-state index in [9.17, 15) is 5.11 Å². The molecule has 15 heavy (non-hydrogen) atoms. The fourth-order valence-corrected chi connectivity index (χ4v) is 4.94. The summed E-state index contributed by atoms with van der Waals surface area (Å²) < 4.78 is 5.50. The van der Waals surface area contributed by atoms with E-state index in [0.717, 1.165) is 31.7 Å². The van der Waals surface area contributed by atoms with Crippen LogP contribution < -0.4 is 0 Å².